The summed E-state index contributed by atoms with van der Waals surface area (Å²) in [5.74, 6) is 0. The molecule has 0 radical (unpaired) electrons. The van der Waals surface area contributed by atoms with Gasteiger partial charge in [0.25, 0.3) is 0 Å². The second kappa shape index (κ2) is 5.35. The van der Waals surface area contributed by atoms with Crippen molar-refractivity contribution in [2.45, 2.75) is 51.2 Å². The Bertz CT molecular complexity index is 550. The molecule has 3 heteroatoms. The number of H-pyrrole nitrogens is 1. The molecule has 1 aromatic heterocycles. The summed E-state index contributed by atoms with van der Waals surface area (Å²) in [6, 6.07) is 9.94. The fourth-order valence-electron chi connectivity index (χ4n) is 3.02. The molecule has 102 valence electrons. The minimum absolute atomic E-state index is 0.428. The Labute approximate surface area is 114 Å². The van der Waals surface area contributed by atoms with E-state index in [-0.39, 0.29) is 0 Å². The third kappa shape index (κ3) is 2.99. The average molecular weight is 257 g/mol. The third-order valence-electron chi connectivity index (χ3n) is 4.19. The fourth-order valence-corrected chi connectivity index (χ4v) is 3.02. The van der Waals surface area contributed by atoms with Crippen molar-refractivity contribution in [2.75, 3.05) is 0 Å². The van der Waals surface area contributed by atoms with E-state index < -0.39 is 0 Å². The van der Waals surface area contributed by atoms with Crippen LogP contribution in [0.1, 0.15) is 36.9 Å². The topological polar surface area (TPSA) is 53.8 Å². The van der Waals surface area contributed by atoms with Crippen molar-refractivity contribution in [1.82, 2.24) is 10.3 Å². The van der Waals surface area contributed by atoms with Crippen molar-refractivity contribution < 1.29 is 0 Å². The summed E-state index contributed by atoms with van der Waals surface area (Å²) in [5.41, 5.74) is 9.75. The van der Waals surface area contributed by atoms with Gasteiger partial charge in [0.05, 0.1) is 0 Å². The molecule has 19 heavy (non-hydrogen) atoms. The molecule has 0 unspecified atom stereocenters. The lowest BCUT2D eigenvalue weighted by Gasteiger charge is -2.27. The van der Waals surface area contributed by atoms with E-state index in [9.17, 15) is 0 Å². The van der Waals surface area contributed by atoms with Crippen molar-refractivity contribution in [3.8, 4) is 0 Å². The first kappa shape index (κ1) is 12.7. The molecule has 1 saturated carbocycles. The van der Waals surface area contributed by atoms with Crippen LogP contribution in [-0.2, 0) is 6.54 Å². The highest BCUT2D eigenvalue weighted by molar-refractivity contribution is 5.81. The van der Waals surface area contributed by atoms with Crippen LogP contribution in [0, 0.1) is 6.92 Å². The van der Waals surface area contributed by atoms with Crippen LogP contribution >= 0.6 is 0 Å². The van der Waals surface area contributed by atoms with Crippen LogP contribution in [0.4, 0.5) is 0 Å². The zero-order chi connectivity index (χ0) is 13.2. The second-order valence-corrected chi connectivity index (χ2v) is 5.87. The van der Waals surface area contributed by atoms with E-state index in [0.29, 0.717) is 12.1 Å². The molecule has 1 aliphatic carbocycles. The first-order chi connectivity index (χ1) is 9.20. The number of aryl methyl sites for hydroxylation is 1. The predicted octanol–water partition coefficient (Wildman–Crippen LogP) is 2.84. The van der Waals surface area contributed by atoms with Gasteiger partial charge in [-0.1, -0.05) is 6.07 Å². The maximum atomic E-state index is 5.94. The minimum atomic E-state index is 0.428. The van der Waals surface area contributed by atoms with Gasteiger partial charge in [-0.3, -0.25) is 0 Å². The Morgan fingerprint density at radius 1 is 1.21 bits per heavy atom. The second-order valence-electron chi connectivity index (χ2n) is 5.87. The lowest BCUT2D eigenvalue weighted by atomic mass is 9.92. The maximum absolute atomic E-state index is 5.94. The molecule has 1 aromatic carbocycles. The van der Waals surface area contributed by atoms with Gasteiger partial charge in [-0.25, -0.2) is 0 Å². The Balaban J connectivity index is 1.61. The van der Waals surface area contributed by atoms with Crippen LogP contribution in [0.2, 0.25) is 0 Å². The summed E-state index contributed by atoms with van der Waals surface area (Å²) >= 11 is 0. The smallest absolute Gasteiger partial charge is 0.0456 e. The summed E-state index contributed by atoms with van der Waals surface area (Å²) in [6.07, 6.45) is 4.75. The van der Waals surface area contributed by atoms with Gasteiger partial charge in [-0.2, -0.15) is 0 Å². The molecule has 0 saturated heterocycles. The highest BCUT2D eigenvalue weighted by Gasteiger charge is 2.17. The van der Waals surface area contributed by atoms with Crippen LogP contribution in [0.5, 0.6) is 0 Å². The van der Waals surface area contributed by atoms with E-state index in [1.165, 1.54) is 35.0 Å². The third-order valence-corrected chi connectivity index (χ3v) is 4.19. The Morgan fingerprint density at radius 3 is 2.79 bits per heavy atom. The Kier molecular flexibility index (Phi) is 3.58. The molecule has 1 heterocycles. The molecule has 0 aliphatic heterocycles. The Morgan fingerprint density at radius 2 is 2.00 bits per heavy atom. The lowest BCUT2D eigenvalue weighted by molar-refractivity contribution is 0.342. The molecule has 0 amide bonds. The zero-order valence-corrected chi connectivity index (χ0v) is 11.6. The predicted molar refractivity (Wildman–Crippen MR) is 80.1 cm³/mol. The average Bonchev–Trinajstić information content (AvgIpc) is 2.77. The van der Waals surface area contributed by atoms with Gasteiger partial charge in [0.1, 0.15) is 0 Å². The Hall–Kier alpha value is -1.32. The van der Waals surface area contributed by atoms with Gasteiger partial charge in [0, 0.05) is 29.8 Å². The molecule has 0 bridgehead atoms. The summed E-state index contributed by atoms with van der Waals surface area (Å²) in [6.45, 7) is 3.06. The number of nitrogens with one attached hydrogen (secondary N) is 2. The van der Waals surface area contributed by atoms with Gasteiger partial charge in [0.15, 0.2) is 0 Å². The molecule has 2 aromatic rings. The monoisotopic (exact) mass is 257 g/mol. The maximum Gasteiger partial charge on any atom is 0.0456 e. The molecular formula is C16H23N3. The zero-order valence-electron chi connectivity index (χ0n) is 11.6. The van der Waals surface area contributed by atoms with Gasteiger partial charge >= 0.3 is 0 Å². The highest BCUT2D eigenvalue weighted by Crippen LogP contribution is 2.19. The van der Waals surface area contributed by atoms with Gasteiger partial charge < -0.3 is 16.0 Å². The number of hydrogen-bond acceptors (Lipinski definition) is 2. The first-order valence-corrected chi connectivity index (χ1v) is 7.28. The van der Waals surface area contributed by atoms with Crippen LogP contribution in [-0.4, -0.2) is 17.1 Å². The summed E-state index contributed by atoms with van der Waals surface area (Å²) < 4.78 is 0. The number of nitrogens with two attached hydrogens (primary N) is 1. The van der Waals surface area contributed by atoms with Crippen LogP contribution in [0.25, 0.3) is 10.9 Å². The molecule has 1 aliphatic rings. The van der Waals surface area contributed by atoms with Crippen LogP contribution < -0.4 is 11.1 Å². The molecule has 1 fully saturated rings. The van der Waals surface area contributed by atoms with Crippen molar-refractivity contribution in [1.29, 1.82) is 0 Å². The van der Waals surface area contributed by atoms with E-state index in [1.807, 2.05) is 0 Å². The van der Waals surface area contributed by atoms with E-state index >= 15 is 0 Å². The number of hydrogen-bond donors (Lipinski definition) is 3. The van der Waals surface area contributed by atoms with Gasteiger partial charge in [0.2, 0.25) is 0 Å². The summed E-state index contributed by atoms with van der Waals surface area (Å²) in [4.78, 5) is 3.36. The van der Waals surface area contributed by atoms with Crippen molar-refractivity contribution in [3.05, 3.63) is 35.5 Å². The molecule has 0 atom stereocenters. The van der Waals surface area contributed by atoms with Gasteiger partial charge in [-0.05, 0) is 61.8 Å². The number of benzene rings is 1. The number of fused-ring (bicyclic) bond motifs is 1. The quantitative estimate of drug-likeness (QED) is 0.792. The summed E-state index contributed by atoms with van der Waals surface area (Å²) in [5, 5.41) is 4.97. The molecule has 3 rings (SSSR count). The van der Waals surface area contributed by atoms with E-state index in [0.717, 1.165) is 19.4 Å². The molecule has 3 nitrogen and oxygen atoms in total. The number of rotatable bonds is 3. The SMILES string of the molecule is Cc1cc2cc(CNC3CCC(N)CC3)ccc2[nH]1. The standard InChI is InChI=1S/C16H23N3/c1-11-8-13-9-12(2-7-16(13)19-11)10-18-15-5-3-14(17)4-6-15/h2,7-9,14-15,18-19H,3-6,10,17H2,1H3. The fraction of sp³-hybridized carbons (Fsp3) is 0.500. The van der Waals surface area contributed by atoms with Crippen molar-refractivity contribution in [3.63, 3.8) is 0 Å². The number of aromatic nitrogens is 1. The van der Waals surface area contributed by atoms with Crippen molar-refractivity contribution in [2.24, 2.45) is 5.73 Å². The largest absolute Gasteiger partial charge is 0.359 e. The van der Waals surface area contributed by atoms with E-state index in [2.05, 4.69) is 41.5 Å². The van der Waals surface area contributed by atoms with Crippen LogP contribution in [0.3, 0.4) is 0 Å². The highest BCUT2D eigenvalue weighted by atomic mass is 14.9. The van der Waals surface area contributed by atoms with Gasteiger partial charge in [-0.15, -0.1) is 0 Å². The van der Waals surface area contributed by atoms with E-state index in [1.54, 1.807) is 0 Å². The lowest BCUT2D eigenvalue weighted by Crippen LogP contribution is -2.36. The molecule has 4 N–H and O–H groups in total. The van der Waals surface area contributed by atoms with Crippen LogP contribution in [0.15, 0.2) is 24.3 Å². The molecular weight excluding hydrogens is 234 g/mol. The molecule has 0 spiro atoms. The minimum Gasteiger partial charge on any atom is -0.359 e. The normalized spacial score (nSPS) is 23.9. The van der Waals surface area contributed by atoms with E-state index in [4.69, 9.17) is 5.73 Å². The summed E-state index contributed by atoms with van der Waals surface area (Å²) in [7, 11) is 0. The first-order valence-electron chi connectivity index (χ1n) is 7.28. The number of aromatic amines is 1. The van der Waals surface area contributed by atoms with Crippen molar-refractivity contribution >= 4 is 10.9 Å².